The van der Waals surface area contributed by atoms with Gasteiger partial charge in [0.1, 0.15) is 5.60 Å². The smallest absolute Gasteiger partial charge is 0.410 e. The van der Waals surface area contributed by atoms with Crippen molar-refractivity contribution in [2.75, 3.05) is 18.4 Å². The zero-order chi connectivity index (χ0) is 27.8. The summed E-state index contributed by atoms with van der Waals surface area (Å²) in [5.41, 5.74) is 1.21. The highest BCUT2D eigenvalue weighted by atomic mass is 79.9. The third-order valence-electron chi connectivity index (χ3n) is 6.38. The van der Waals surface area contributed by atoms with Gasteiger partial charge in [-0.2, -0.15) is 0 Å². The number of fused-ring (bicyclic) bond motifs is 1. The summed E-state index contributed by atoms with van der Waals surface area (Å²) < 4.78 is 34.6. The minimum Gasteiger partial charge on any atom is -0.444 e. The van der Waals surface area contributed by atoms with Gasteiger partial charge in [-0.15, -0.1) is 0 Å². The van der Waals surface area contributed by atoms with Crippen LogP contribution in [0.5, 0.6) is 0 Å². The van der Waals surface area contributed by atoms with Crippen molar-refractivity contribution in [3.63, 3.8) is 0 Å². The van der Waals surface area contributed by atoms with Crippen molar-refractivity contribution in [1.29, 1.82) is 0 Å². The molecule has 1 fully saturated rings. The molecule has 2 aromatic carbocycles. The summed E-state index contributed by atoms with van der Waals surface area (Å²) in [7, 11) is -3.83. The molecular formula is C28H30BrN5O4S. The number of benzene rings is 2. The van der Waals surface area contributed by atoms with Crippen LogP contribution in [0.1, 0.15) is 33.6 Å². The summed E-state index contributed by atoms with van der Waals surface area (Å²) in [4.78, 5) is 23.7. The van der Waals surface area contributed by atoms with Crippen LogP contribution in [0.2, 0.25) is 0 Å². The maximum atomic E-state index is 13.5. The minimum absolute atomic E-state index is 0.0555. The molecule has 1 aliphatic rings. The van der Waals surface area contributed by atoms with Crippen molar-refractivity contribution in [2.24, 2.45) is 0 Å². The highest BCUT2D eigenvalue weighted by Gasteiger charge is 2.28. The molecule has 0 spiro atoms. The lowest BCUT2D eigenvalue weighted by atomic mass is 10.1. The summed E-state index contributed by atoms with van der Waals surface area (Å²) in [5.74, 6) is 0.395. The fourth-order valence-corrected chi connectivity index (χ4v) is 6.43. The topological polar surface area (TPSA) is 106 Å². The standard InChI is InChI=1S/C28H30BrN5O4S/c1-28(2,3)38-27(35)33-15-9-10-19(17-33)31-26-30-16-23(29)25(32-26)22-18-34(24-14-8-7-13-21(22)24)39(36,37)20-11-5-4-6-12-20/h4-8,11-14,16,18-19H,9-10,15,17H2,1-3H3,(H,30,31,32)/t19-/m0/s1. The first-order valence-corrected chi connectivity index (χ1v) is 14.9. The van der Waals surface area contributed by atoms with Crippen LogP contribution >= 0.6 is 15.9 Å². The van der Waals surface area contributed by atoms with Crippen LogP contribution in [0.15, 0.2) is 76.4 Å². The predicted molar refractivity (Wildman–Crippen MR) is 154 cm³/mol. The van der Waals surface area contributed by atoms with Crippen molar-refractivity contribution in [2.45, 2.75) is 50.2 Å². The lowest BCUT2D eigenvalue weighted by molar-refractivity contribution is 0.0206. The summed E-state index contributed by atoms with van der Waals surface area (Å²) >= 11 is 3.56. The molecule has 39 heavy (non-hydrogen) atoms. The third kappa shape index (κ3) is 5.79. The lowest BCUT2D eigenvalue weighted by Crippen LogP contribution is -2.47. The van der Waals surface area contributed by atoms with Gasteiger partial charge < -0.3 is 15.0 Å². The second kappa shape index (κ2) is 10.6. The van der Waals surface area contributed by atoms with E-state index in [9.17, 15) is 13.2 Å². The molecule has 0 unspecified atom stereocenters. The molecule has 9 nitrogen and oxygen atoms in total. The Morgan fingerprint density at radius 2 is 1.82 bits per heavy atom. The zero-order valence-electron chi connectivity index (χ0n) is 22.0. The van der Waals surface area contributed by atoms with Gasteiger partial charge >= 0.3 is 6.09 Å². The minimum atomic E-state index is -3.83. The number of amides is 1. The molecule has 2 aromatic heterocycles. The van der Waals surface area contributed by atoms with E-state index in [1.165, 1.54) is 3.97 Å². The van der Waals surface area contributed by atoms with E-state index in [4.69, 9.17) is 9.72 Å². The van der Waals surface area contributed by atoms with Crippen LogP contribution in [0.4, 0.5) is 10.7 Å². The van der Waals surface area contributed by atoms with Gasteiger partial charge in [-0.3, -0.25) is 0 Å². The largest absolute Gasteiger partial charge is 0.444 e. The fraction of sp³-hybridized carbons (Fsp3) is 0.321. The quantitative estimate of drug-likeness (QED) is 0.299. The van der Waals surface area contributed by atoms with Gasteiger partial charge in [0.15, 0.2) is 0 Å². The number of ether oxygens (including phenoxy) is 1. The maximum absolute atomic E-state index is 13.5. The fourth-order valence-electron chi connectivity index (χ4n) is 4.64. The van der Waals surface area contributed by atoms with Gasteiger partial charge in [0, 0.05) is 42.5 Å². The van der Waals surface area contributed by atoms with Gasteiger partial charge in [0.05, 0.1) is 20.6 Å². The molecule has 1 aliphatic heterocycles. The SMILES string of the molecule is CC(C)(C)OC(=O)N1CCC[C@H](Nc2ncc(Br)c(-c3cn(S(=O)(=O)c4ccccc4)c4ccccc34)n2)C1. The molecule has 0 bridgehead atoms. The van der Waals surface area contributed by atoms with E-state index in [1.807, 2.05) is 39.0 Å². The van der Waals surface area contributed by atoms with Crippen molar-refractivity contribution in [3.05, 3.63) is 71.5 Å². The van der Waals surface area contributed by atoms with Crippen LogP contribution in [-0.4, -0.2) is 58.1 Å². The first-order chi connectivity index (χ1) is 18.5. The number of likely N-dealkylation sites (tertiary alicyclic amines) is 1. The van der Waals surface area contributed by atoms with E-state index >= 15 is 0 Å². The second-order valence-electron chi connectivity index (χ2n) is 10.5. The van der Waals surface area contributed by atoms with Crippen molar-refractivity contribution in [1.82, 2.24) is 18.8 Å². The summed E-state index contributed by atoms with van der Waals surface area (Å²) in [6.07, 6.45) is 4.60. The Kier molecular flexibility index (Phi) is 7.39. The number of hydrogen-bond donors (Lipinski definition) is 1. The molecule has 1 amide bonds. The van der Waals surface area contributed by atoms with Gasteiger partial charge in [-0.05, 0) is 67.7 Å². The van der Waals surface area contributed by atoms with Crippen LogP contribution < -0.4 is 5.32 Å². The summed E-state index contributed by atoms with van der Waals surface area (Å²) in [6, 6.07) is 15.6. The highest BCUT2D eigenvalue weighted by molar-refractivity contribution is 9.10. The number of para-hydroxylation sites is 1. The van der Waals surface area contributed by atoms with E-state index in [0.29, 0.717) is 40.3 Å². The molecule has 11 heteroatoms. The van der Waals surface area contributed by atoms with Crippen molar-refractivity contribution >= 4 is 48.9 Å². The zero-order valence-corrected chi connectivity index (χ0v) is 24.4. The van der Waals surface area contributed by atoms with E-state index in [0.717, 1.165) is 18.2 Å². The predicted octanol–water partition coefficient (Wildman–Crippen LogP) is 5.91. The first kappa shape index (κ1) is 27.1. The Bertz CT molecular complexity index is 1620. The number of nitrogens with one attached hydrogen (secondary N) is 1. The highest BCUT2D eigenvalue weighted by Crippen LogP contribution is 2.36. The summed E-state index contributed by atoms with van der Waals surface area (Å²) in [5, 5.41) is 4.11. The van der Waals surface area contributed by atoms with Crippen LogP contribution in [0.25, 0.3) is 22.2 Å². The van der Waals surface area contributed by atoms with Gasteiger partial charge in [0.25, 0.3) is 10.0 Å². The molecular weight excluding hydrogens is 582 g/mol. The molecule has 1 N–H and O–H groups in total. The Morgan fingerprint density at radius 1 is 1.10 bits per heavy atom. The Morgan fingerprint density at radius 3 is 2.56 bits per heavy atom. The van der Waals surface area contributed by atoms with Gasteiger partial charge in [-0.1, -0.05) is 36.4 Å². The monoisotopic (exact) mass is 611 g/mol. The van der Waals surface area contributed by atoms with E-state index in [-0.39, 0.29) is 17.0 Å². The number of aromatic nitrogens is 3. The average molecular weight is 613 g/mol. The number of carbonyl (C=O) groups is 1. The number of hydrogen-bond acceptors (Lipinski definition) is 7. The van der Waals surface area contributed by atoms with E-state index in [2.05, 4.69) is 26.2 Å². The number of halogens is 1. The van der Waals surface area contributed by atoms with Crippen LogP contribution in [-0.2, 0) is 14.8 Å². The lowest BCUT2D eigenvalue weighted by Gasteiger charge is -2.34. The number of piperidine rings is 1. The van der Waals surface area contributed by atoms with Crippen LogP contribution in [0, 0.1) is 0 Å². The van der Waals surface area contributed by atoms with E-state index in [1.54, 1.807) is 53.7 Å². The Labute approximate surface area is 236 Å². The molecule has 1 atom stereocenters. The number of rotatable bonds is 5. The first-order valence-electron chi connectivity index (χ1n) is 12.7. The maximum Gasteiger partial charge on any atom is 0.410 e. The van der Waals surface area contributed by atoms with Crippen molar-refractivity contribution < 1.29 is 17.9 Å². The van der Waals surface area contributed by atoms with Gasteiger partial charge in [0.2, 0.25) is 5.95 Å². The molecule has 0 aliphatic carbocycles. The molecule has 0 saturated carbocycles. The number of carbonyl (C=O) groups excluding carboxylic acids is 1. The Hall–Kier alpha value is -3.44. The molecule has 5 rings (SSSR count). The number of anilines is 1. The third-order valence-corrected chi connectivity index (χ3v) is 8.65. The molecule has 4 aromatic rings. The molecule has 3 heterocycles. The Balaban J connectivity index is 1.46. The normalized spacial score (nSPS) is 16.3. The van der Waals surface area contributed by atoms with Crippen LogP contribution in [0.3, 0.4) is 0 Å². The summed E-state index contributed by atoms with van der Waals surface area (Å²) in [6.45, 7) is 6.66. The average Bonchev–Trinajstić information content (AvgIpc) is 3.30. The van der Waals surface area contributed by atoms with Crippen molar-refractivity contribution in [3.8, 4) is 11.3 Å². The molecule has 204 valence electrons. The molecule has 1 saturated heterocycles. The molecule has 0 radical (unpaired) electrons. The number of nitrogens with zero attached hydrogens (tertiary/aromatic N) is 4. The second-order valence-corrected chi connectivity index (χ2v) is 13.1. The van der Waals surface area contributed by atoms with E-state index < -0.39 is 15.6 Å². The van der Waals surface area contributed by atoms with Gasteiger partial charge in [-0.25, -0.2) is 27.2 Å².